The second-order valence-electron chi connectivity index (χ2n) is 3.36. The molecule has 0 spiro atoms. The van der Waals surface area contributed by atoms with Gasteiger partial charge in [-0.3, -0.25) is 0 Å². The maximum Gasteiger partial charge on any atom is 0.0310 e. The van der Waals surface area contributed by atoms with Gasteiger partial charge in [0.05, 0.1) is 0 Å². The van der Waals surface area contributed by atoms with Crippen LogP contribution in [0.5, 0.6) is 0 Å². The fourth-order valence-corrected chi connectivity index (χ4v) is 1.83. The maximum atomic E-state index is 3.51. The molecule has 1 N–H and O–H groups in total. The van der Waals surface area contributed by atoms with Crippen LogP contribution in [0.1, 0.15) is 46.5 Å². The summed E-state index contributed by atoms with van der Waals surface area (Å²) in [5.41, 5.74) is 0.595. The van der Waals surface area contributed by atoms with Crippen LogP contribution in [0.15, 0.2) is 0 Å². The van der Waals surface area contributed by atoms with Crippen LogP contribution in [0.2, 0.25) is 0 Å². The first-order chi connectivity index (χ1) is 4.81. The van der Waals surface area contributed by atoms with E-state index in [0.29, 0.717) is 5.54 Å². The van der Waals surface area contributed by atoms with Gasteiger partial charge in [0.2, 0.25) is 0 Å². The van der Waals surface area contributed by atoms with Gasteiger partial charge in [0.15, 0.2) is 0 Å². The SMILES string of the molecule is CC.CC12CCCCC1N2. The molecule has 1 heteroatoms. The Morgan fingerprint density at radius 2 is 2.00 bits per heavy atom. The fourth-order valence-electron chi connectivity index (χ4n) is 1.83. The van der Waals surface area contributed by atoms with Gasteiger partial charge in [-0.25, -0.2) is 0 Å². The smallest absolute Gasteiger partial charge is 0.0310 e. The van der Waals surface area contributed by atoms with E-state index in [9.17, 15) is 0 Å². The molecule has 1 saturated heterocycles. The minimum absolute atomic E-state index is 0.595. The zero-order valence-corrected chi connectivity index (χ0v) is 7.41. The van der Waals surface area contributed by atoms with Crippen molar-refractivity contribution in [2.45, 2.75) is 58.0 Å². The van der Waals surface area contributed by atoms with Gasteiger partial charge in [0.1, 0.15) is 0 Å². The monoisotopic (exact) mass is 141 g/mol. The Balaban J connectivity index is 0.000000231. The van der Waals surface area contributed by atoms with Crippen molar-refractivity contribution in [3.8, 4) is 0 Å². The second-order valence-corrected chi connectivity index (χ2v) is 3.36. The summed E-state index contributed by atoms with van der Waals surface area (Å²) in [6, 6.07) is 0.899. The first-order valence-electron chi connectivity index (χ1n) is 4.59. The Kier molecular flexibility index (Phi) is 2.35. The van der Waals surface area contributed by atoms with Crippen molar-refractivity contribution < 1.29 is 0 Å². The average molecular weight is 141 g/mol. The highest BCUT2D eigenvalue weighted by atomic mass is 15.2. The summed E-state index contributed by atoms with van der Waals surface area (Å²) in [7, 11) is 0. The van der Waals surface area contributed by atoms with Crippen molar-refractivity contribution in [1.82, 2.24) is 5.32 Å². The highest BCUT2D eigenvalue weighted by Crippen LogP contribution is 2.39. The summed E-state index contributed by atoms with van der Waals surface area (Å²) in [5, 5.41) is 3.51. The summed E-state index contributed by atoms with van der Waals surface area (Å²) >= 11 is 0. The quantitative estimate of drug-likeness (QED) is 0.514. The first-order valence-corrected chi connectivity index (χ1v) is 4.59. The molecule has 0 aromatic rings. The van der Waals surface area contributed by atoms with E-state index in [2.05, 4.69) is 12.2 Å². The van der Waals surface area contributed by atoms with Crippen molar-refractivity contribution in [2.75, 3.05) is 0 Å². The summed E-state index contributed by atoms with van der Waals surface area (Å²) in [4.78, 5) is 0. The molecule has 2 unspecified atom stereocenters. The van der Waals surface area contributed by atoms with Gasteiger partial charge in [-0.1, -0.05) is 26.7 Å². The molecule has 0 radical (unpaired) electrons. The maximum absolute atomic E-state index is 3.51. The van der Waals surface area contributed by atoms with E-state index in [-0.39, 0.29) is 0 Å². The Morgan fingerprint density at radius 3 is 2.40 bits per heavy atom. The molecule has 2 atom stereocenters. The normalized spacial score (nSPS) is 42.9. The van der Waals surface area contributed by atoms with E-state index in [1.165, 1.54) is 25.7 Å². The summed E-state index contributed by atoms with van der Waals surface area (Å²) in [6.45, 7) is 6.34. The summed E-state index contributed by atoms with van der Waals surface area (Å²) in [6.07, 6.45) is 5.74. The van der Waals surface area contributed by atoms with E-state index in [0.717, 1.165) is 6.04 Å². The molecule has 1 heterocycles. The highest BCUT2D eigenvalue weighted by Gasteiger charge is 2.49. The van der Waals surface area contributed by atoms with Gasteiger partial charge in [-0.2, -0.15) is 0 Å². The Morgan fingerprint density at radius 1 is 1.30 bits per heavy atom. The predicted molar refractivity (Wildman–Crippen MR) is 45.1 cm³/mol. The molecule has 0 aromatic heterocycles. The van der Waals surface area contributed by atoms with E-state index in [1.54, 1.807) is 0 Å². The van der Waals surface area contributed by atoms with Gasteiger partial charge in [-0.05, 0) is 19.8 Å². The topological polar surface area (TPSA) is 21.9 Å². The van der Waals surface area contributed by atoms with Crippen LogP contribution >= 0.6 is 0 Å². The number of fused-ring (bicyclic) bond motifs is 1. The lowest BCUT2D eigenvalue weighted by Crippen LogP contribution is -2.14. The molecular weight excluding hydrogens is 122 g/mol. The van der Waals surface area contributed by atoms with E-state index < -0.39 is 0 Å². The molecule has 1 aliphatic heterocycles. The zero-order chi connectivity index (χ0) is 7.61. The van der Waals surface area contributed by atoms with E-state index in [1.807, 2.05) is 13.8 Å². The minimum Gasteiger partial charge on any atom is -0.305 e. The molecule has 1 aliphatic carbocycles. The van der Waals surface area contributed by atoms with Crippen LogP contribution < -0.4 is 5.32 Å². The summed E-state index contributed by atoms with van der Waals surface area (Å²) < 4.78 is 0. The van der Waals surface area contributed by atoms with E-state index in [4.69, 9.17) is 0 Å². The molecular formula is C9H19N. The van der Waals surface area contributed by atoms with Crippen molar-refractivity contribution in [3.05, 3.63) is 0 Å². The van der Waals surface area contributed by atoms with Crippen molar-refractivity contribution in [2.24, 2.45) is 0 Å². The molecule has 60 valence electrons. The van der Waals surface area contributed by atoms with Crippen LogP contribution in [0, 0.1) is 0 Å². The van der Waals surface area contributed by atoms with Crippen LogP contribution in [0.25, 0.3) is 0 Å². The average Bonchev–Trinajstić information content (AvgIpc) is 2.64. The van der Waals surface area contributed by atoms with Crippen LogP contribution in [-0.2, 0) is 0 Å². The van der Waals surface area contributed by atoms with Crippen molar-refractivity contribution in [3.63, 3.8) is 0 Å². The number of hydrogen-bond acceptors (Lipinski definition) is 1. The molecule has 10 heavy (non-hydrogen) atoms. The number of nitrogens with one attached hydrogen (secondary N) is 1. The summed E-state index contributed by atoms with van der Waals surface area (Å²) in [5.74, 6) is 0. The minimum atomic E-state index is 0.595. The third kappa shape index (κ3) is 1.34. The molecule has 2 rings (SSSR count). The molecule has 1 saturated carbocycles. The van der Waals surface area contributed by atoms with E-state index >= 15 is 0 Å². The lowest BCUT2D eigenvalue weighted by Gasteiger charge is -2.12. The molecule has 0 bridgehead atoms. The fraction of sp³-hybridized carbons (Fsp3) is 1.00. The lowest BCUT2D eigenvalue weighted by atomic mass is 9.91. The van der Waals surface area contributed by atoms with Gasteiger partial charge >= 0.3 is 0 Å². The van der Waals surface area contributed by atoms with Gasteiger partial charge in [-0.15, -0.1) is 0 Å². The standard InChI is InChI=1S/C7H13N.C2H6/c1-7-5-3-2-4-6(7)8-7;1-2/h6,8H,2-5H2,1H3;1-2H3. The third-order valence-corrected chi connectivity index (χ3v) is 2.63. The molecule has 0 amide bonds. The zero-order valence-electron chi connectivity index (χ0n) is 7.41. The van der Waals surface area contributed by atoms with Crippen LogP contribution in [-0.4, -0.2) is 11.6 Å². The van der Waals surface area contributed by atoms with Crippen molar-refractivity contribution in [1.29, 1.82) is 0 Å². The Hall–Kier alpha value is -0.0400. The number of rotatable bonds is 0. The molecule has 2 fully saturated rings. The van der Waals surface area contributed by atoms with Crippen molar-refractivity contribution >= 4 is 0 Å². The number of hydrogen-bond donors (Lipinski definition) is 1. The first kappa shape index (κ1) is 8.06. The van der Waals surface area contributed by atoms with Gasteiger partial charge in [0, 0.05) is 11.6 Å². The highest BCUT2D eigenvalue weighted by molar-refractivity contribution is 5.12. The van der Waals surface area contributed by atoms with Crippen LogP contribution in [0.4, 0.5) is 0 Å². The lowest BCUT2D eigenvalue weighted by molar-refractivity contribution is 0.480. The molecule has 0 aromatic carbocycles. The molecule has 2 aliphatic rings. The Labute approximate surface area is 64.2 Å². The largest absolute Gasteiger partial charge is 0.305 e. The van der Waals surface area contributed by atoms with Gasteiger partial charge < -0.3 is 5.32 Å². The van der Waals surface area contributed by atoms with Crippen LogP contribution in [0.3, 0.4) is 0 Å². The Bertz CT molecular complexity index is 109. The molecule has 1 nitrogen and oxygen atoms in total. The predicted octanol–water partition coefficient (Wildman–Crippen LogP) is 2.32. The second kappa shape index (κ2) is 2.91. The third-order valence-electron chi connectivity index (χ3n) is 2.63. The van der Waals surface area contributed by atoms with Gasteiger partial charge in [0.25, 0.3) is 0 Å².